The number of carbonyl (C=O) groups is 2. The van der Waals surface area contributed by atoms with Crippen molar-refractivity contribution in [2.24, 2.45) is 11.7 Å². The molecule has 2 fully saturated rings. The lowest BCUT2D eigenvalue weighted by Gasteiger charge is -2.34. The van der Waals surface area contributed by atoms with Gasteiger partial charge in [0.05, 0.1) is 5.92 Å². The molecule has 1 saturated carbocycles. The zero-order valence-electron chi connectivity index (χ0n) is 15.3. The molecule has 1 saturated heterocycles. The van der Waals surface area contributed by atoms with Gasteiger partial charge in [-0.1, -0.05) is 24.3 Å². The first-order chi connectivity index (χ1) is 12.6. The van der Waals surface area contributed by atoms with Crippen LogP contribution in [-0.4, -0.2) is 41.9 Å². The summed E-state index contributed by atoms with van der Waals surface area (Å²) in [5.74, 6) is 0.630. The zero-order chi connectivity index (χ0) is 18.1. The number of benzene rings is 1. The highest BCUT2D eigenvalue weighted by molar-refractivity contribution is 5.92. The van der Waals surface area contributed by atoms with Crippen LogP contribution in [-0.2, 0) is 16.0 Å². The second-order valence-electron chi connectivity index (χ2n) is 8.17. The molecule has 1 aromatic rings. The predicted molar refractivity (Wildman–Crippen MR) is 101 cm³/mol. The number of carbonyl (C=O) groups excluding carboxylic acids is 2. The molecule has 0 bridgehead atoms. The van der Waals surface area contributed by atoms with Crippen molar-refractivity contribution < 1.29 is 9.59 Å². The summed E-state index contributed by atoms with van der Waals surface area (Å²) in [7, 11) is 0. The first-order valence-electron chi connectivity index (χ1n) is 10.0. The largest absolute Gasteiger partial charge is 0.354 e. The van der Waals surface area contributed by atoms with Crippen LogP contribution in [0.15, 0.2) is 24.3 Å². The topological polar surface area (TPSA) is 75.4 Å². The van der Waals surface area contributed by atoms with E-state index in [2.05, 4.69) is 11.4 Å². The molecule has 2 aliphatic carbocycles. The number of amides is 2. The summed E-state index contributed by atoms with van der Waals surface area (Å²) < 4.78 is 0. The Morgan fingerprint density at radius 2 is 1.88 bits per heavy atom. The molecule has 1 heterocycles. The molecule has 0 radical (unpaired) electrons. The monoisotopic (exact) mass is 355 g/mol. The van der Waals surface area contributed by atoms with E-state index in [1.165, 1.54) is 5.56 Å². The highest BCUT2D eigenvalue weighted by Crippen LogP contribution is 2.37. The molecule has 5 nitrogen and oxygen atoms in total. The standard InChI is InChI=1S/C21H29N3O2/c22-16-9-7-14(8-10-16)13-23-20(25)19-6-3-11-24(19)21(26)18-12-15-4-1-2-5-17(15)18/h1-2,4-5,14,16,18-19H,3,6-13,22H2,(H,23,25)/t14?,16?,18-,19-/m0/s1. The fraction of sp³-hybridized carbons (Fsp3) is 0.619. The van der Waals surface area contributed by atoms with E-state index in [1.807, 2.05) is 23.1 Å². The van der Waals surface area contributed by atoms with Crippen LogP contribution >= 0.6 is 0 Å². The molecule has 26 heavy (non-hydrogen) atoms. The Kier molecular flexibility index (Phi) is 4.98. The summed E-state index contributed by atoms with van der Waals surface area (Å²) in [6.07, 6.45) is 6.78. The van der Waals surface area contributed by atoms with E-state index in [0.717, 1.165) is 57.1 Å². The average Bonchev–Trinajstić information content (AvgIpc) is 3.12. The van der Waals surface area contributed by atoms with Crippen LogP contribution in [0.4, 0.5) is 0 Å². The number of rotatable bonds is 4. The highest BCUT2D eigenvalue weighted by Gasteiger charge is 2.41. The fourth-order valence-corrected chi connectivity index (χ4v) is 4.74. The van der Waals surface area contributed by atoms with Gasteiger partial charge in [0.15, 0.2) is 0 Å². The van der Waals surface area contributed by atoms with E-state index in [-0.39, 0.29) is 23.8 Å². The first-order valence-corrected chi connectivity index (χ1v) is 10.0. The quantitative estimate of drug-likeness (QED) is 0.867. The maximum Gasteiger partial charge on any atom is 0.242 e. The number of nitrogens with zero attached hydrogens (tertiary/aromatic N) is 1. The van der Waals surface area contributed by atoms with E-state index in [0.29, 0.717) is 18.5 Å². The van der Waals surface area contributed by atoms with E-state index in [9.17, 15) is 9.59 Å². The van der Waals surface area contributed by atoms with Gasteiger partial charge in [-0.15, -0.1) is 0 Å². The normalized spacial score (nSPS) is 30.4. The number of likely N-dealkylation sites (tertiary alicyclic amines) is 1. The Bertz CT molecular complexity index is 682. The van der Waals surface area contributed by atoms with Gasteiger partial charge in [0.25, 0.3) is 0 Å². The van der Waals surface area contributed by atoms with Gasteiger partial charge in [0.1, 0.15) is 6.04 Å². The van der Waals surface area contributed by atoms with Crippen molar-refractivity contribution >= 4 is 11.8 Å². The third kappa shape index (κ3) is 3.37. The maximum absolute atomic E-state index is 13.0. The zero-order valence-corrected chi connectivity index (χ0v) is 15.3. The SMILES string of the molecule is NC1CCC(CNC(=O)[C@@H]2CCCN2C(=O)[C@H]2Cc3ccccc32)CC1. The predicted octanol–water partition coefficient (Wildman–Crippen LogP) is 1.95. The summed E-state index contributed by atoms with van der Waals surface area (Å²) in [4.78, 5) is 27.5. The molecule has 0 spiro atoms. The molecule has 2 atom stereocenters. The molecule has 3 aliphatic rings. The number of nitrogens with two attached hydrogens (primary N) is 1. The molecule has 0 aromatic heterocycles. The van der Waals surface area contributed by atoms with Crippen molar-refractivity contribution in [1.82, 2.24) is 10.2 Å². The average molecular weight is 355 g/mol. The minimum absolute atomic E-state index is 0.0262. The van der Waals surface area contributed by atoms with Crippen LogP contribution < -0.4 is 11.1 Å². The number of hydrogen-bond acceptors (Lipinski definition) is 3. The molecule has 3 N–H and O–H groups in total. The van der Waals surface area contributed by atoms with Crippen molar-refractivity contribution in [3.05, 3.63) is 35.4 Å². The Hall–Kier alpha value is -1.88. The first kappa shape index (κ1) is 17.5. The highest BCUT2D eigenvalue weighted by atomic mass is 16.2. The molecular weight excluding hydrogens is 326 g/mol. The van der Waals surface area contributed by atoms with Gasteiger partial charge in [0.2, 0.25) is 11.8 Å². The molecule has 1 aliphatic heterocycles. The Morgan fingerprint density at radius 3 is 2.65 bits per heavy atom. The second kappa shape index (κ2) is 7.39. The van der Waals surface area contributed by atoms with Crippen LogP contribution in [0.3, 0.4) is 0 Å². The van der Waals surface area contributed by atoms with Crippen molar-refractivity contribution in [2.75, 3.05) is 13.1 Å². The van der Waals surface area contributed by atoms with Gasteiger partial charge in [0, 0.05) is 19.1 Å². The summed E-state index contributed by atoms with van der Waals surface area (Å²) >= 11 is 0. The van der Waals surface area contributed by atoms with Gasteiger partial charge in [-0.3, -0.25) is 9.59 Å². The van der Waals surface area contributed by atoms with Crippen LogP contribution in [0.5, 0.6) is 0 Å². The molecule has 4 rings (SSSR count). The van der Waals surface area contributed by atoms with Crippen LogP contribution in [0.25, 0.3) is 0 Å². The third-order valence-corrected chi connectivity index (χ3v) is 6.45. The smallest absolute Gasteiger partial charge is 0.242 e. The number of fused-ring (bicyclic) bond motifs is 1. The van der Waals surface area contributed by atoms with E-state index in [4.69, 9.17) is 5.73 Å². The van der Waals surface area contributed by atoms with Gasteiger partial charge >= 0.3 is 0 Å². The van der Waals surface area contributed by atoms with Crippen molar-refractivity contribution in [1.29, 1.82) is 0 Å². The summed E-state index contributed by atoms with van der Waals surface area (Å²) in [5.41, 5.74) is 8.36. The third-order valence-electron chi connectivity index (χ3n) is 6.45. The fourth-order valence-electron chi connectivity index (χ4n) is 4.74. The van der Waals surface area contributed by atoms with E-state index in [1.54, 1.807) is 0 Å². The number of nitrogens with one attached hydrogen (secondary N) is 1. The van der Waals surface area contributed by atoms with Gasteiger partial charge in [-0.25, -0.2) is 0 Å². The Morgan fingerprint density at radius 1 is 1.12 bits per heavy atom. The molecular formula is C21H29N3O2. The minimum atomic E-state index is -0.291. The minimum Gasteiger partial charge on any atom is -0.354 e. The van der Waals surface area contributed by atoms with Crippen LogP contribution in [0.1, 0.15) is 55.6 Å². The van der Waals surface area contributed by atoms with Crippen molar-refractivity contribution in [3.8, 4) is 0 Å². The van der Waals surface area contributed by atoms with Crippen molar-refractivity contribution in [3.63, 3.8) is 0 Å². The Labute approximate surface area is 155 Å². The lowest BCUT2D eigenvalue weighted by atomic mass is 9.77. The van der Waals surface area contributed by atoms with E-state index < -0.39 is 0 Å². The molecule has 5 heteroatoms. The van der Waals surface area contributed by atoms with Crippen LogP contribution in [0.2, 0.25) is 0 Å². The van der Waals surface area contributed by atoms with Crippen LogP contribution in [0, 0.1) is 5.92 Å². The Balaban J connectivity index is 1.33. The van der Waals surface area contributed by atoms with Gasteiger partial charge in [-0.05, 0) is 62.0 Å². The lowest BCUT2D eigenvalue weighted by molar-refractivity contribution is -0.140. The van der Waals surface area contributed by atoms with Crippen molar-refractivity contribution in [2.45, 2.75) is 62.9 Å². The lowest BCUT2D eigenvalue weighted by Crippen LogP contribution is -2.49. The molecule has 2 amide bonds. The summed E-state index contributed by atoms with van der Waals surface area (Å²) in [5, 5.41) is 3.11. The van der Waals surface area contributed by atoms with Gasteiger partial charge in [-0.2, -0.15) is 0 Å². The second-order valence-corrected chi connectivity index (χ2v) is 8.17. The van der Waals surface area contributed by atoms with E-state index >= 15 is 0 Å². The summed E-state index contributed by atoms with van der Waals surface area (Å²) in [6, 6.07) is 8.17. The number of hydrogen-bond donors (Lipinski definition) is 2. The van der Waals surface area contributed by atoms with Gasteiger partial charge < -0.3 is 16.0 Å². The molecule has 0 unspecified atom stereocenters. The molecule has 140 valence electrons. The molecule has 1 aromatic carbocycles. The maximum atomic E-state index is 13.0. The summed E-state index contributed by atoms with van der Waals surface area (Å²) in [6.45, 7) is 1.42.